The van der Waals surface area contributed by atoms with E-state index >= 15 is 0 Å². The van der Waals surface area contributed by atoms with Gasteiger partial charge in [-0.3, -0.25) is 0 Å². The van der Waals surface area contributed by atoms with Crippen molar-refractivity contribution in [2.75, 3.05) is 6.61 Å². The largest absolute Gasteiger partial charge is 0.378 e. The molecule has 1 fully saturated rings. The lowest BCUT2D eigenvalue weighted by Crippen LogP contribution is -2.23. The first-order valence-electron chi connectivity index (χ1n) is 10.2. The Hall–Kier alpha value is -0.860. The summed E-state index contributed by atoms with van der Waals surface area (Å²) in [5.74, 6) is 0.697. The van der Waals surface area contributed by atoms with Gasteiger partial charge in [-0.2, -0.15) is 0 Å². The summed E-state index contributed by atoms with van der Waals surface area (Å²) in [6, 6.07) is 7.61. The molecule has 0 amide bonds. The van der Waals surface area contributed by atoms with Crippen LogP contribution >= 0.6 is 0 Å². The van der Waals surface area contributed by atoms with Gasteiger partial charge in [0.1, 0.15) is 0 Å². The summed E-state index contributed by atoms with van der Waals surface area (Å²) in [6.07, 6.45) is 14.1. The Balaban J connectivity index is 1.46. The van der Waals surface area contributed by atoms with Crippen LogP contribution in [0.25, 0.3) is 0 Å². The quantitative estimate of drug-likeness (QED) is 0.671. The van der Waals surface area contributed by atoms with Gasteiger partial charge in [0.15, 0.2) is 0 Å². The lowest BCUT2D eigenvalue weighted by atomic mass is 9.86. The Bertz CT molecular complexity index is 513. The maximum absolute atomic E-state index is 6.15. The standard InChI is InChI=1S/C22H35NO/c1-2-3-4-5-6-13-24-22-12-10-18-14-17(7-8-20(18)16-22)19-9-11-21(23)15-19/h7-8,14,19,21-22H,2-6,9-13,15-16,23H2,1H3. The molecule has 0 heterocycles. The van der Waals surface area contributed by atoms with Crippen LogP contribution in [-0.2, 0) is 17.6 Å². The van der Waals surface area contributed by atoms with Crippen molar-refractivity contribution in [1.82, 2.24) is 0 Å². The third-order valence-electron chi connectivity index (χ3n) is 5.96. The molecule has 134 valence electrons. The van der Waals surface area contributed by atoms with E-state index in [9.17, 15) is 0 Å². The number of rotatable bonds is 8. The van der Waals surface area contributed by atoms with Gasteiger partial charge in [-0.15, -0.1) is 0 Å². The molecule has 2 aliphatic carbocycles. The third kappa shape index (κ3) is 4.83. The minimum absolute atomic E-state index is 0.418. The first-order valence-corrected chi connectivity index (χ1v) is 10.2. The highest BCUT2D eigenvalue weighted by Gasteiger charge is 2.25. The minimum atomic E-state index is 0.418. The second kappa shape index (κ2) is 9.01. The molecule has 0 saturated heterocycles. The number of hydrogen-bond donors (Lipinski definition) is 1. The van der Waals surface area contributed by atoms with Crippen LogP contribution in [0.2, 0.25) is 0 Å². The number of ether oxygens (including phenoxy) is 1. The highest BCUT2D eigenvalue weighted by atomic mass is 16.5. The molecule has 3 rings (SSSR count). The van der Waals surface area contributed by atoms with E-state index < -0.39 is 0 Å². The van der Waals surface area contributed by atoms with Crippen LogP contribution in [0.15, 0.2) is 18.2 Å². The molecule has 0 bridgehead atoms. The molecule has 0 aromatic heterocycles. The maximum Gasteiger partial charge on any atom is 0.0618 e. The van der Waals surface area contributed by atoms with Gasteiger partial charge in [0.05, 0.1) is 6.10 Å². The average Bonchev–Trinajstić information content (AvgIpc) is 3.04. The topological polar surface area (TPSA) is 35.2 Å². The van der Waals surface area contributed by atoms with Crippen molar-refractivity contribution in [2.45, 2.75) is 95.6 Å². The van der Waals surface area contributed by atoms with Crippen LogP contribution < -0.4 is 5.73 Å². The van der Waals surface area contributed by atoms with Gasteiger partial charge >= 0.3 is 0 Å². The summed E-state index contributed by atoms with van der Waals surface area (Å²) in [6.45, 7) is 3.21. The summed E-state index contributed by atoms with van der Waals surface area (Å²) in [5.41, 5.74) is 10.7. The zero-order valence-corrected chi connectivity index (χ0v) is 15.4. The number of unbranched alkanes of at least 4 members (excludes halogenated alkanes) is 4. The molecule has 0 radical (unpaired) electrons. The number of hydrogen-bond acceptors (Lipinski definition) is 2. The molecular weight excluding hydrogens is 294 g/mol. The molecule has 0 spiro atoms. The molecule has 24 heavy (non-hydrogen) atoms. The summed E-state index contributed by atoms with van der Waals surface area (Å²) in [7, 11) is 0. The zero-order valence-electron chi connectivity index (χ0n) is 15.4. The van der Waals surface area contributed by atoms with Crippen LogP contribution in [0.5, 0.6) is 0 Å². The van der Waals surface area contributed by atoms with Crippen LogP contribution in [0.4, 0.5) is 0 Å². The molecule has 0 aliphatic heterocycles. The Labute approximate surface area is 148 Å². The summed E-state index contributed by atoms with van der Waals surface area (Å²) in [5, 5.41) is 0. The third-order valence-corrected chi connectivity index (χ3v) is 5.96. The number of fused-ring (bicyclic) bond motifs is 1. The molecule has 3 atom stereocenters. The molecule has 2 nitrogen and oxygen atoms in total. The first-order chi connectivity index (χ1) is 11.8. The minimum Gasteiger partial charge on any atom is -0.378 e. The van der Waals surface area contributed by atoms with Crippen molar-refractivity contribution in [3.05, 3.63) is 34.9 Å². The van der Waals surface area contributed by atoms with Crippen molar-refractivity contribution in [3.8, 4) is 0 Å². The summed E-state index contributed by atoms with van der Waals surface area (Å²) >= 11 is 0. The molecule has 1 aromatic carbocycles. The summed E-state index contributed by atoms with van der Waals surface area (Å²) in [4.78, 5) is 0. The van der Waals surface area contributed by atoms with E-state index in [4.69, 9.17) is 10.5 Å². The lowest BCUT2D eigenvalue weighted by molar-refractivity contribution is 0.0417. The van der Waals surface area contributed by atoms with Crippen molar-refractivity contribution >= 4 is 0 Å². The normalized spacial score (nSPS) is 26.5. The number of benzene rings is 1. The SMILES string of the molecule is CCCCCCCOC1CCc2cc(C3CCC(N)C3)ccc2C1. The number of nitrogens with two attached hydrogens (primary N) is 1. The second-order valence-corrected chi connectivity index (χ2v) is 7.95. The van der Waals surface area contributed by atoms with Gasteiger partial charge in [-0.05, 0) is 67.6 Å². The first kappa shape index (κ1) is 17.9. The van der Waals surface area contributed by atoms with Crippen LogP contribution in [-0.4, -0.2) is 18.8 Å². The van der Waals surface area contributed by atoms with Gasteiger partial charge in [0, 0.05) is 12.6 Å². The monoisotopic (exact) mass is 329 g/mol. The maximum atomic E-state index is 6.15. The van der Waals surface area contributed by atoms with Crippen molar-refractivity contribution < 1.29 is 4.74 Å². The molecule has 2 N–H and O–H groups in total. The van der Waals surface area contributed by atoms with Gasteiger partial charge in [0.2, 0.25) is 0 Å². The number of aryl methyl sites for hydroxylation is 1. The lowest BCUT2D eigenvalue weighted by Gasteiger charge is -2.26. The second-order valence-electron chi connectivity index (χ2n) is 7.95. The van der Waals surface area contributed by atoms with Crippen LogP contribution in [0, 0.1) is 0 Å². The van der Waals surface area contributed by atoms with E-state index in [1.807, 2.05) is 0 Å². The molecular formula is C22H35NO. The van der Waals surface area contributed by atoms with E-state index in [1.165, 1.54) is 75.3 Å². The Morgan fingerprint density at radius 3 is 2.71 bits per heavy atom. The Morgan fingerprint density at radius 2 is 1.92 bits per heavy atom. The fourth-order valence-corrected chi connectivity index (χ4v) is 4.41. The van der Waals surface area contributed by atoms with E-state index in [2.05, 4.69) is 25.1 Å². The van der Waals surface area contributed by atoms with Crippen molar-refractivity contribution in [1.29, 1.82) is 0 Å². The van der Waals surface area contributed by atoms with Crippen molar-refractivity contribution in [2.24, 2.45) is 5.73 Å². The van der Waals surface area contributed by atoms with E-state index in [-0.39, 0.29) is 0 Å². The molecule has 2 aliphatic rings. The summed E-state index contributed by atoms with van der Waals surface area (Å²) < 4.78 is 6.15. The molecule has 1 aromatic rings. The fourth-order valence-electron chi connectivity index (χ4n) is 4.41. The predicted molar refractivity (Wildman–Crippen MR) is 102 cm³/mol. The fraction of sp³-hybridized carbons (Fsp3) is 0.727. The smallest absolute Gasteiger partial charge is 0.0618 e. The highest BCUT2D eigenvalue weighted by Crippen LogP contribution is 2.35. The van der Waals surface area contributed by atoms with Gasteiger partial charge < -0.3 is 10.5 Å². The van der Waals surface area contributed by atoms with Gasteiger partial charge in [-0.1, -0.05) is 50.8 Å². The molecule has 3 unspecified atom stereocenters. The average molecular weight is 330 g/mol. The molecule has 2 heteroatoms. The van der Waals surface area contributed by atoms with E-state index in [0.29, 0.717) is 18.1 Å². The Kier molecular flexibility index (Phi) is 6.74. The van der Waals surface area contributed by atoms with Crippen molar-refractivity contribution in [3.63, 3.8) is 0 Å². The van der Waals surface area contributed by atoms with Crippen LogP contribution in [0.1, 0.15) is 87.3 Å². The highest BCUT2D eigenvalue weighted by molar-refractivity contribution is 5.36. The van der Waals surface area contributed by atoms with Gasteiger partial charge in [0.25, 0.3) is 0 Å². The van der Waals surface area contributed by atoms with Gasteiger partial charge in [-0.25, -0.2) is 0 Å². The Morgan fingerprint density at radius 1 is 1.04 bits per heavy atom. The van der Waals surface area contributed by atoms with E-state index in [1.54, 1.807) is 5.56 Å². The predicted octanol–water partition coefficient (Wildman–Crippen LogP) is 5.13. The van der Waals surface area contributed by atoms with E-state index in [0.717, 1.165) is 13.0 Å². The molecule has 1 saturated carbocycles. The zero-order chi connectivity index (χ0) is 16.8. The van der Waals surface area contributed by atoms with Crippen LogP contribution in [0.3, 0.4) is 0 Å².